The Bertz CT molecular complexity index is 439. The van der Waals surface area contributed by atoms with Gasteiger partial charge in [-0.15, -0.1) is 0 Å². The third kappa shape index (κ3) is 2.49. The molecule has 17 heavy (non-hydrogen) atoms. The van der Waals surface area contributed by atoms with Crippen LogP contribution in [0.1, 0.15) is 6.42 Å². The van der Waals surface area contributed by atoms with E-state index in [1.165, 1.54) is 12.3 Å². The summed E-state index contributed by atoms with van der Waals surface area (Å²) < 4.78 is 0. The van der Waals surface area contributed by atoms with Gasteiger partial charge in [-0.25, -0.2) is 4.98 Å². The van der Waals surface area contributed by atoms with E-state index in [2.05, 4.69) is 4.98 Å². The second-order valence-electron chi connectivity index (χ2n) is 4.00. The van der Waals surface area contributed by atoms with Gasteiger partial charge in [-0.1, -0.05) is 0 Å². The number of carboxylic acid groups (broad SMARTS) is 1. The average molecular weight is 237 g/mol. The number of anilines is 1. The highest BCUT2D eigenvalue weighted by Crippen LogP contribution is 2.25. The van der Waals surface area contributed by atoms with Gasteiger partial charge in [-0.2, -0.15) is 0 Å². The Balaban J connectivity index is 1.93. The number of pyridine rings is 1. The van der Waals surface area contributed by atoms with Crippen LogP contribution in [0, 0.1) is 16.0 Å². The molecule has 1 aromatic heterocycles. The summed E-state index contributed by atoms with van der Waals surface area (Å²) in [5, 5.41) is 19.0. The fourth-order valence-electron chi connectivity index (χ4n) is 1.81. The number of rotatable bonds is 4. The van der Waals surface area contributed by atoms with Crippen LogP contribution in [0.5, 0.6) is 0 Å². The number of nitro groups is 1. The van der Waals surface area contributed by atoms with Gasteiger partial charge in [-0.3, -0.25) is 14.9 Å². The lowest BCUT2D eigenvalue weighted by Gasteiger charge is -2.39. The zero-order chi connectivity index (χ0) is 12.4. The number of carboxylic acids is 1. The molecule has 0 saturated carbocycles. The lowest BCUT2D eigenvalue weighted by atomic mass is 9.96. The molecule has 7 heteroatoms. The summed E-state index contributed by atoms with van der Waals surface area (Å²) in [7, 11) is 0. The molecule has 0 radical (unpaired) electrons. The standard InChI is InChI=1S/C10H11N3O4/c14-10(15)3-7-5-12(6-7)9-2-1-8(4-11-9)13(16)17/h1-2,4,7H,3,5-6H2,(H,14,15). The van der Waals surface area contributed by atoms with Crippen molar-refractivity contribution in [2.24, 2.45) is 5.92 Å². The number of hydrogen-bond acceptors (Lipinski definition) is 5. The molecule has 0 amide bonds. The maximum atomic E-state index is 10.5. The van der Waals surface area contributed by atoms with Crippen molar-refractivity contribution in [3.63, 3.8) is 0 Å². The van der Waals surface area contributed by atoms with E-state index < -0.39 is 10.9 Å². The average Bonchev–Trinajstić information content (AvgIpc) is 2.23. The number of carbonyl (C=O) groups is 1. The summed E-state index contributed by atoms with van der Waals surface area (Å²) in [6.45, 7) is 1.27. The molecule has 1 aromatic rings. The Morgan fingerprint density at radius 2 is 2.29 bits per heavy atom. The molecule has 2 rings (SSSR count). The number of aromatic nitrogens is 1. The second kappa shape index (κ2) is 4.36. The fraction of sp³-hybridized carbons (Fsp3) is 0.400. The van der Waals surface area contributed by atoms with Crippen molar-refractivity contribution in [3.05, 3.63) is 28.4 Å². The van der Waals surface area contributed by atoms with Gasteiger partial charge in [-0.05, 0) is 6.07 Å². The third-order valence-corrected chi connectivity index (χ3v) is 2.69. The summed E-state index contributed by atoms with van der Waals surface area (Å²) in [4.78, 5) is 26.3. The second-order valence-corrected chi connectivity index (χ2v) is 4.00. The molecule has 0 aliphatic carbocycles. The Kier molecular flexibility index (Phi) is 2.90. The van der Waals surface area contributed by atoms with Crippen molar-refractivity contribution in [2.75, 3.05) is 18.0 Å². The number of aliphatic carboxylic acids is 1. The first-order chi connectivity index (χ1) is 8.06. The van der Waals surface area contributed by atoms with Crippen LogP contribution in [-0.4, -0.2) is 34.1 Å². The Labute approximate surface area is 96.8 Å². The number of nitrogens with zero attached hydrogens (tertiary/aromatic N) is 3. The van der Waals surface area contributed by atoms with E-state index in [4.69, 9.17) is 5.11 Å². The smallest absolute Gasteiger partial charge is 0.303 e. The van der Waals surface area contributed by atoms with Gasteiger partial charge in [0, 0.05) is 25.1 Å². The molecule has 1 aliphatic rings. The highest BCUT2D eigenvalue weighted by Gasteiger charge is 2.29. The summed E-state index contributed by atoms with van der Waals surface area (Å²) in [5.74, 6) is -0.00644. The lowest BCUT2D eigenvalue weighted by molar-refractivity contribution is -0.385. The molecule has 0 spiro atoms. The van der Waals surface area contributed by atoms with Gasteiger partial charge in [0.2, 0.25) is 0 Å². The lowest BCUT2D eigenvalue weighted by Crippen LogP contribution is -2.47. The van der Waals surface area contributed by atoms with Gasteiger partial charge in [0.05, 0.1) is 11.3 Å². The van der Waals surface area contributed by atoms with Crippen LogP contribution in [0.15, 0.2) is 18.3 Å². The fourth-order valence-corrected chi connectivity index (χ4v) is 1.81. The first-order valence-corrected chi connectivity index (χ1v) is 5.13. The van der Waals surface area contributed by atoms with E-state index in [1.807, 2.05) is 4.90 Å². The summed E-state index contributed by atoms with van der Waals surface area (Å²) in [6, 6.07) is 2.97. The zero-order valence-electron chi connectivity index (χ0n) is 8.94. The van der Waals surface area contributed by atoms with Crippen molar-refractivity contribution < 1.29 is 14.8 Å². The summed E-state index contributed by atoms with van der Waals surface area (Å²) in [6.07, 6.45) is 1.36. The molecule has 0 aromatic carbocycles. The quantitative estimate of drug-likeness (QED) is 0.617. The minimum absolute atomic E-state index is 0.0450. The van der Waals surface area contributed by atoms with Gasteiger partial charge in [0.25, 0.3) is 5.69 Å². The molecule has 1 N–H and O–H groups in total. The maximum absolute atomic E-state index is 10.5. The van der Waals surface area contributed by atoms with Gasteiger partial charge < -0.3 is 10.0 Å². The first kappa shape index (κ1) is 11.3. The van der Waals surface area contributed by atoms with Crippen LogP contribution in [0.4, 0.5) is 11.5 Å². The molecular formula is C10H11N3O4. The molecule has 1 aliphatic heterocycles. The highest BCUT2D eigenvalue weighted by atomic mass is 16.6. The highest BCUT2D eigenvalue weighted by molar-refractivity contribution is 5.67. The Morgan fingerprint density at radius 3 is 2.76 bits per heavy atom. The molecule has 0 bridgehead atoms. The van der Waals surface area contributed by atoms with Gasteiger partial charge >= 0.3 is 5.97 Å². The van der Waals surface area contributed by atoms with E-state index >= 15 is 0 Å². The molecule has 7 nitrogen and oxygen atoms in total. The predicted octanol–water partition coefficient (Wildman–Crippen LogP) is 0.901. The summed E-state index contributed by atoms with van der Waals surface area (Å²) in [5.41, 5.74) is -0.0450. The maximum Gasteiger partial charge on any atom is 0.303 e. The molecule has 2 heterocycles. The van der Waals surface area contributed by atoms with E-state index in [1.54, 1.807) is 6.07 Å². The first-order valence-electron chi connectivity index (χ1n) is 5.13. The van der Waals surface area contributed by atoms with Crippen LogP contribution in [0.3, 0.4) is 0 Å². The van der Waals surface area contributed by atoms with Crippen molar-refractivity contribution in [1.82, 2.24) is 4.98 Å². The molecule has 0 atom stereocenters. The van der Waals surface area contributed by atoms with Crippen molar-refractivity contribution in [1.29, 1.82) is 0 Å². The molecule has 90 valence electrons. The molecular weight excluding hydrogens is 226 g/mol. The third-order valence-electron chi connectivity index (χ3n) is 2.69. The Morgan fingerprint density at radius 1 is 1.59 bits per heavy atom. The van der Waals surface area contributed by atoms with E-state index in [-0.39, 0.29) is 18.0 Å². The SMILES string of the molecule is O=C(O)CC1CN(c2ccc([N+](=O)[O-])cn2)C1. The van der Waals surface area contributed by atoms with Crippen LogP contribution >= 0.6 is 0 Å². The zero-order valence-corrected chi connectivity index (χ0v) is 8.94. The molecule has 1 fully saturated rings. The minimum atomic E-state index is -0.800. The minimum Gasteiger partial charge on any atom is -0.481 e. The van der Waals surface area contributed by atoms with Crippen molar-refractivity contribution >= 4 is 17.5 Å². The van der Waals surface area contributed by atoms with Crippen molar-refractivity contribution in [2.45, 2.75) is 6.42 Å². The summed E-state index contributed by atoms with van der Waals surface area (Å²) >= 11 is 0. The van der Waals surface area contributed by atoms with E-state index in [0.29, 0.717) is 18.9 Å². The molecule has 1 saturated heterocycles. The normalized spacial score (nSPS) is 15.4. The van der Waals surface area contributed by atoms with Gasteiger partial charge in [0.15, 0.2) is 0 Å². The monoisotopic (exact) mass is 237 g/mol. The predicted molar refractivity (Wildman–Crippen MR) is 58.8 cm³/mol. The van der Waals surface area contributed by atoms with E-state index in [9.17, 15) is 14.9 Å². The van der Waals surface area contributed by atoms with Crippen LogP contribution < -0.4 is 4.90 Å². The van der Waals surface area contributed by atoms with Crippen LogP contribution in [-0.2, 0) is 4.79 Å². The Hall–Kier alpha value is -2.18. The van der Waals surface area contributed by atoms with Crippen LogP contribution in [0.25, 0.3) is 0 Å². The van der Waals surface area contributed by atoms with E-state index in [0.717, 1.165) is 0 Å². The topological polar surface area (TPSA) is 96.6 Å². The number of hydrogen-bond donors (Lipinski definition) is 1. The van der Waals surface area contributed by atoms with Crippen LogP contribution in [0.2, 0.25) is 0 Å². The van der Waals surface area contributed by atoms with Crippen molar-refractivity contribution in [3.8, 4) is 0 Å². The largest absolute Gasteiger partial charge is 0.481 e. The van der Waals surface area contributed by atoms with Gasteiger partial charge in [0.1, 0.15) is 12.0 Å². The molecule has 0 unspecified atom stereocenters.